The zero-order chi connectivity index (χ0) is 15.9. The number of halogens is 3. The normalized spacial score (nSPS) is 25.0. The topological polar surface area (TPSA) is 41.1 Å². The Morgan fingerprint density at radius 2 is 2.05 bits per heavy atom. The molecule has 0 spiro atoms. The highest BCUT2D eigenvalue weighted by Crippen LogP contribution is 2.38. The molecule has 2 N–H and O–H groups in total. The number of benzene rings is 1. The number of piperidine rings is 1. The van der Waals surface area contributed by atoms with Crippen LogP contribution in [-0.2, 0) is 12.7 Å². The maximum Gasteiger partial charge on any atom is 0.416 e. The number of carbonyl (C=O) groups is 1. The summed E-state index contributed by atoms with van der Waals surface area (Å²) in [6, 6.07) is 3.06. The van der Waals surface area contributed by atoms with E-state index < -0.39 is 17.6 Å². The average Bonchev–Trinajstić information content (AvgIpc) is 2.87. The molecule has 1 aromatic rings. The molecule has 2 aliphatic rings. The van der Waals surface area contributed by atoms with E-state index in [2.05, 4.69) is 17.6 Å². The molecule has 0 radical (unpaired) electrons. The van der Waals surface area contributed by atoms with Gasteiger partial charge in [0, 0.05) is 24.2 Å². The molecule has 6 heteroatoms. The molecular formula is C16H19F3N2O. The average molecular weight is 312 g/mol. The van der Waals surface area contributed by atoms with Crippen LogP contribution in [0.2, 0.25) is 0 Å². The first-order chi connectivity index (χ1) is 10.4. The fourth-order valence-corrected chi connectivity index (χ4v) is 3.41. The lowest BCUT2D eigenvalue weighted by Crippen LogP contribution is -2.36. The van der Waals surface area contributed by atoms with Crippen LogP contribution in [0.4, 0.5) is 13.2 Å². The minimum Gasteiger partial charge on any atom is -0.348 e. The second-order valence-electron chi connectivity index (χ2n) is 6.03. The van der Waals surface area contributed by atoms with E-state index in [1.165, 1.54) is 6.07 Å². The van der Waals surface area contributed by atoms with Crippen LogP contribution in [0.25, 0.3) is 0 Å². The summed E-state index contributed by atoms with van der Waals surface area (Å²) >= 11 is 0. The van der Waals surface area contributed by atoms with Gasteiger partial charge in [-0.2, -0.15) is 13.2 Å². The standard InChI is InChI=1S/C16H19F3N2O/c1-2-10-4-3-5-14(21-10)9-6-11-12(8-20-15(11)22)13(7-9)16(17,18)19/h6-7,10,14,21H,2-5,8H2,1H3,(H,20,22)/t10-,14-/m1/s1. The first-order valence-electron chi connectivity index (χ1n) is 7.68. The van der Waals surface area contributed by atoms with Gasteiger partial charge in [-0.05, 0) is 42.5 Å². The van der Waals surface area contributed by atoms with Gasteiger partial charge >= 0.3 is 6.18 Å². The van der Waals surface area contributed by atoms with Gasteiger partial charge in [0.15, 0.2) is 0 Å². The lowest BCUT2D eigenvalue weighted by Gasteiger charge is -2.31. The Morgan fingerprint density at radius 1 is 1.27 bits per heavy atom. The molecule has 3 rings (SSSR count). The van der Waals surface area contributed by atoms with Gasteiger partial charge in [-0.1, -0.05) is 13.3 Å². The third kappa shape index (κ3) is 2.72. The van der Waals surface area contributed by atoms with Crippen molar-refractivity contribution in [3.05, 3.63) is 34.4 Å². The summed E-state index contributed by atoms with van der Waals surface area (Å²) in [5.74, 6) is -0.412. The van der Waals surface area contributed by atoms with Crippen LogP contribution in [0.1, 0.15) is 65.7 Å². The van der Waals surface area contributed by atoms with Gasteiger partial charge in [0.25, 0.3) is 5.91 Å². The van der Waals surface area contributed by atoms with Crippen LogP contribution in [0, 0.1) is 0 Å². The Morgan fingerprint density at radius 3 is 2.73 bits per heavy atom. The van der Waals surface area contributed by atoms with E-state index in [0.717, 1.165) is 25.7 Å². The summed E-state index contributed by atoms with van der Waals surface area (Å²) in [5, 5.41) is 5.89. The molecule has 2 atom stereocenters. The Kier molecular flexibility index (Phi) is 3.89. The molecule has 0 saturated carbocycles. The minimum absolute atomic E-state index is 0.0427. The zero-order valence-corrected chi connectivity index (χ0v) is 12.4. The Balaban J connectivity index is 2.02. The Bertz CT molecular complexity index is 598. The summed E-state index contributed by atoms with van der Waals surface area (Å²) in [6.07, 6.45) is -0.654. The van der Waals surface area contributed by atoms with Crippen molar-refractivity contribution in [3.63, 3.8) is 0 Å². The largest absolute Gasteiger partial charge is 0.416 e. The maximum atomic E-state index is 13.3. The molecule has 3 nitrogen and oxygen atoms in total. The molecule has 1 aromatic carbocycles. The number of fused-ring (bicyclic) bond motifs is 1. The number of hydrogen-bond acceptors (Lipinski definition) is 2. The third-order valence-corrected chi connectivity index (χ3v) is 4.63. The fraction of sp³-hybridized carbons (Fsp3) is 0.562. The number of alkyl halides is 3. The van der Waals surface area contributed by atoms with E-state index in [-0.39, 0.29) is 23.7 Å². The summed E-state index contributed by atoms with van der Waals surface area (Å²) < 4.78 is 39.9. The number of nitrogens with one attached hydrogen (secondary N) is 2. The summed E-state index contributed by atoms with van der Waals surface area (Å²) in [4.78, 5) is 11.8. The second-order valence-corrected chi connectivity index (χ2v) is 6.03. The second kappa shape index (κ2) is 5.57. The van der Waals surface area contributed by atoms with E-state index in [1.807, 2.05) is 0 Å². The van der Waals surface area contributed by atoms with Crippen LogP contribution in [0.3, 0.4) is 0 Å². The van der Waals surface area contributed by atoms with E-state index in [1.54, 1.807) is 6.07 Å². The van der Waals surface area contributed by atoms with Crippen LogP contribution < -0.4 is 10.6 Å². The van der Waals surface area contributed by atoms with Gasteiger partial charge < -0.3 is 10.6 Å². The van der Waals surface area contributed by atoms with Crippen molar-refractivity contribution >= 4 is 5.91 Å². The van der Waals surface area contributed by atoms with E-state index in [0.29, 0.717) is 11.6 Å². The van der Waals surface area contributed by atoms with Gasteiger partial charge in [-0.25, -0.2) is 0 Å². The monoisotopic (exact) mass is 312 g/mol. The van der Waals surface area contributed by atoms with Gasteiger partial charge in [0.2, 0.25) is 0 Å². The molecule has 2 heterocycles. The Hall–Kier alpha value is -1.56. The number of amides is 1. The van der Waals surface area contributed by atoms with E-state index >= 15 is 0 Å². The molecule has 1 saturated heterocycles. The van der Waals surface area contributed by atoms with Crippen molar-refractivity contribution in [1.29, 1.82) is 0 Å². The molecule has 0 bridgehead atoms. The van der Waals surface area contributed by atoms with Gasteiger partial charge in [-0.15, -0.1) is 0 Å². The molecule has 0 unspecified atom stereocenters. The smallest absolute Gasteiger partial charge is 0.348 e. The molecule has 22 heavy (non-hydrogen) atoms. The van der Waals surface area contributed by atoms with Crippen molar-refractivity contribution in [2.24, 2.45) is 0 Å². The van der Waals surface area contributed by atoms with Crippen molar-refractivity contribution < 1.29 is 18.0 Å². The first kappa shape index (κ1) is 15.3. The molecule has 1 amide bonds. The summed E-state index contributed by atoms with van der Waals surface area (Å²) in [5.41, 5.74) is 0.134. The van der Waals surface area contributed by atoms with Crippen LogP contribution >= 0.6 is 0 Å². The van der Waals surface area contributed by atoms with Gasteiger partial charge in [-0.3, -0.25) is 4.79 Å². The molecular weight excluding hydrogens is 293 g/mol. The van der Waals surface area contributed by atoms with Gasteiger partial charge in [0.1, 0.15) is 0 Å². The lowest BCUT2D eigenvalue weighted by atomic mass is 9.89. The lowest BCUT2D eigenvalue weighted by molar-refractivity contribution is -0.138. The maximum absolute atomic E-state index is 13.3. The predicted octanol–water partition coefficient (Wildman–Crippen LogP) is 3.54. The van der Waals surface area contributed by atoms with Crippen molar-refractivity contribution in [1.82, 2.24) is 10.6 Å². The molecule has 0 aromatic heterocycles. The summed E-state index contributed by atoms with van der Waals surface area (Å²) in [7, 11) is 0. The van der Waals surface area contributed by atoms with Crippen molar-refractivity contribution in [2.75, 3.05) is 0 Å². The van der Waals surface area contributed by atoms with E-state index in [9.17, 15) is 18.0 Å². The van der Waals surface area contributed by atoms with Crippen LogP contribution in [0.5, 0.6) is 0 Å². The molecule has 2 aliphatic heterocycles. The summed E-state index contributed by atoms with van der Waals surface area (Å²) in [6.45, 7) is 2.02. The van der Waals surface area contributed by atoms with Gasteiger partial charge in [0.05, 0.1) is 5.56 Å². The zero-order valence-electron chi connectivity index (χ0n) is 12.4. The highest BCUT2D eigenvalue weighted by atomic mass is 19.4. The first-order valence-corrected chi connectivity index (χ1v) is 7.68. The Labute approximate surface area is 127 Å². The minimum atomic E-state index is -4.44. The predicted molar refractivity (Wildman–Crippen MR) is 76.4 cm³/mol. The number of hydrogen-bond donors (Lipinski definition) is 2. The third-order valence-electron chi connectivity index (χ3n) is 4.63. The number of carbonyl (C=O) groups excluding carboxylic acids is 1. The van der Waals surface area contributed by atoms with Crippen LogP contribution in [-0.4, -0.2) is 11.9 Å². The fourth-order valence-electron chi connectivity index (χ4n) is 3.41. The van der Waals surface area contributed by atoms with Crippen molar-refractivity contribution in [3.8, 4) is 0 Å². The molecule has 0 aliphatic carbocycles. The highest BCUT2D eigenvalue weighted by molar-refractivity contribution is 5.99. The molecule has 120 valence electrons. The van der Waals surface area contributed by atoms with Crippen molar-refractivity contribution in [2.45, 2.75) is 57.4 Å². The highest BCUT2D eigenvalue weighted by Gasteiger charge is 2.38. The number of rotatable bonds is 2. The SMILES string of the molecule is CC[C@@H]1CCC[C@H](c2cc3c(c(C(F)(F)F)c2)CNC3=O)N1. The quantitative estimate of drug-likeness (QED) is 0.877. The molecule has 1 fully saturated rings. The van der Waals surface area contributed by atoms with Crippen LogP contribution in [0.15, 0.2) is 12.1 Å². The van der Waals surface area contributed by atoms with E-state index in [4.69, 9.17) is 0 Å².